The van der Waals surface area contributed by atoms with E-state index in [1.807, 2.05) is 6.07 Å². The first kappa shape index (κ1) is 12.9. The van der Waals surface area contributed by atoms with E-state index in [1.165, 1.54) is 18.2 Å². The van der Waals surface area contributed by atoms with E-state index in [2.05, 4.69) is 49.4 Å². The van der Waals surface area contributed by atoms with Crippen molar-refractivity contribution in [2.45, 2.75) is 18.9 Å². The Kier molecular flexibility index (Phi) is 4.07. The average Bonchev–Trinajstić information content (AvgIpc) is 2.73. The van der Waals surface area contributed by atoms with Crippen molar-refractivity contribution in [3.8, 4) is 0 Å². The maximum absolute atomic E-state index is 4.65. The number of nitrogens with zero attached hydrogens (tertiary/aromatic N) is 2. The summed E-state index contributed by atoms with van der Waals surface area (Å²) >= 11 is 3.49. The first-order chi connectivity index (χ1) is 7.83. The molecule has 2 aromatic rings. The number of piperidine rings is 1. The van der Waals surface area contributed by atoms with Crippen LogP contribution >= 0.6 is 28.3 Å². The highest BCUT2D eigenvalue weighted by atomic mass is 79.9. The Morgan fingerprint density at radius 1 is 1.29 bits per heavy atom. The molecule has 0 bridgehead atoms. The molecule has 92 valence electrons. The summed E-state index contributed by atoms with van der Waals surface area (Å²) in [7, 11) is 0. The van der Waals surface area contributed by atoms with Crippen LogP contribution in [0, 0.1) is 0 Å². The molecule has 1 fully saturated rings. The molecule has 0 saturated carbocycles. The third-order valence-corrected chi connectivity index (χ3v) is 3.66. The van der Waals surface area contributed by atoms with Gasteiger partial charge in [0.25, 0.3) is 0 Å². The fourth-order valence-corrected chi connectivity index (χ4v) is 2.65. The van der Waals surface area contributed by atoms with E-state index in [9.17, 15) is 0 Å². The van der Waals surface area contributed by atoms with Crippen LogP contribution in [0.1, 0.15) is 18.9 Å². The summed E-state index contributed by atoms with van der Waals surface area (Å²) in [5.41, 5.74) is 1.08. The molecule has 0 amide bonds. The van der Waals surface area contributed by atoms with Gasteiger partial charge in [-0.1, -0.05) is 15.9 Å². The summed E-state index contributed by atoms with van der Waals surface area (Å²) in [6.07, 6.45) is 4.51. The third-order valence-electron chi connectivity index (χ3n) is 3.17. The van der Waals surface area contributed by atoms with Crippen molar-refractivity contribution < 1.29 is 0 Å². The Morgan fingerprint density at radius 2 is 2.06 bits per heavy atom. The van der Waals surface area contributed by atoms with Crippen LogP contribution in [0.3, 0.4) is 0 Å². The summed E-state index contributed by atoms with van der Waals surface area (Å²) in [4.78, 5) is 0. The molecule has 1 saturated heterocycles. The zero-order chi connectivity index (χ0) is 11.0. The topological polar surface area (TPSA) is 29.9 Å². The van der Waals surface area contributed by atoms with Gasteiger partial charge in [-0.15, -0.1) is 12.4 Å². The van der Waals surface area contributed by atoms with E-state index in [0.717, 1.165) is 23.1 Å². The minimum atomic E-state index is 0. The predicted molar refractivity (Wildman–Crippen MR) is 75.8 cm³/mol. The fraction of sp³-hybridized carbons (Fsp3) is 0.417. The Hall–Kier alpha value is -0.580. The third kappa shape index (κ3) is 2.64. The van der Waals surface area contributed by atoms with Crippen LogP contribution in [-0.2, 0) is 0 Å². The van der Waals surface area contributed by atoms with Gasteiger partial charge in [0, 0.05) is 16.1 Å². The molecule has 0 aliphatic carbocycles. The molecule has 0 atom stereocenters. The molecular formula is C12H15BrClN3. The molecule has 0 spiro atoms. The smallest absolute Gasteiger partial charge is 0.0924 e. The summed E-state index contributed by atoms with van der Waals surface area (Å²) < 4.78 is 3.25. The van der Waals surface area contributed by atoms with Gasteiger partial charge >= 0.3 is 0 Å². The average molecular weight is 317 g/mol. The van der Waals surface area contributed by atoms with Crippen LogP contribution in [0.25, 0.3) is 10.9 Å². The van der Waals surface area contributed by atoms with E-state index >= 15 is 0 Å². The SMILES string of the molecule is Brc1ccc2nn(C3CCNCC3)cc2c1.Cl. The molecule has 17 heavy (non-hydrogen) atoms. The largest absolute Gasteiger partial charge is 0.317 e. The van der Waals surface area contributed by atoms with E-state index < -0.39 is 0 Å². The van der Waals surface area contributed by atoms with Crippen LogP contribution in [0.2, 0.25) is 0 Å². The second-order valence-corrected chi connectivity index (χ2v) is 5.21. The lowest BCUT2D eigenvalue weighted by atomic mass is 10.1. The van der Waals surface area contributed by atoms with Crippen LogP contribution in [0.5, 0.6) is 0 Å². The summed E-state index contributed by atoms with van der Waals surface area (Å²) in [5.74, 6) is 0. The van der Waals surface area contributed by atoms with E-state index in [4.69, 9.17) is 0 Å². The van der Waals surface area contributed by atoms with Gasteiger partial charge in [0.2, 0.25) is 0 Å². The number of rotatable bonds is 1. The van der Waals surface area contributed by atoms with Crippen molar-refractivity contribution in [3.63, 3.8) is 0 Å². The molecule has 0 unspecified atom stereocenters. The van der Waals surface area contributed by atoms with Crippen LogP contribution in [0.15, 0.2) is 28.9 Å². The summed E-state index contributed by atoms with van der Waals surface area (Å²) in [6, 6.07) is 6.80. The predicted octanol–water partition coefficient (Wildman–Crippen LogP) is 3.15. The van der Waals surface area contributed by atoms with Crippen LogP contribution in [-0.4, -0.2) is 22.9 Å². The highest BCUT2D eigenvalue weighted by Gasteiger charge is 2.15. The highest BCUT2D eigenvalue weighted by Crippen LogP contribution is 2.23. The molecule has 2 heterocycles. The Labute approximate surface area is 115 Å². The second-order valence-electron chi connectivity index (χ2n) is 4.29. The van der Waals surface area contributed by atoms with Crippen molar-refractivity contribution in [2.75, 3.05) is 13.1 Å². The van der Waals surface area contributed by atoms with E-state index in [0.29, 0.717) is 6.04 Å². The quantitative estimate of drug-likeness (QED) is 0.876. The minimum absolute atomic E-state index is 0. The number of benzene rings is 1. The van der Waals surface area contributed by atoms with E-state index in [-0.39, 0.29) is 12.4 Å². The molecule has 1 aliphatic rings. The molecule has 3 rings (SSSR count). The standard InChI is InChI=1S/C12H14BrN3.ClH/c13-10-1-2-12-9(7-10)8-16(15-12)11-3-5-14-6-4-11;/h1-2,7-8,11,14H,3-6H2;1H. The van der Waals surface area contributed by atoms with Crippen molar-refractivity contribution in [2.24, 2.45) is 0 Å². The van der Waals surface area contributed by atoms with Gasteiger partial charge in [-0.25, -0.2) is 0 Å². The van der Waals surface area contributed by atoms with Gasteiger partial charge < -0.3 is 5.32 Å². The Balaban J connectivity index is 0.00000108. The lowest BCUT2D eigenvalue weighted by Crippen LogP contribution is -2.29. The van der Waals surface area contributed by atoms with Gasteiger partial charge in [0.15, 0.2) is 0 Å². The van der Waals surface area contributed by atoms with Crippen molar-refractivity contribution >= 4 is 39.2 Å². The molecule has 1 aromatic heterocycles. The van der Waals surface area contributed by atoms with Gasteiger partial charge in [0.05, 0.1) is 11.6 Å². The zero-order valence-corrected chi connectivity index (χ0v) is 11.8. The number of nitrogens with one attached hydrogen (secondary N) is 1. The molecule has 0 radical (unpaired) electrons. The number of aromatic nitrogens is 2. The molecule has 1 N–H and O–H groups in total. The Bertz CT molecular complexity index is 505. The molecule has 1 aromatic carbocycles. The summed E-state index contributed by atoms with van der Waals surface area (Å²) in [6.45, 7) is 2.20. The lowest BCUT2D eigenvalue weighted by molar-refractivity contribution is 0.345. The van der Waals surface area contributed by atoms with Crippen molar-refractivity contribution in [1.82, 2.24) is 15.1 Å². The fourth-order valence-electron chi connectivity index (χ4n) is 2.27. The Morgan fingerprint density at radius 3 is 2.82 bits per heavy atom. The molecule has 3 nitrogen and oxygen atoms in total. The lowest BCUT2D eigenvalue weighted by Gasteiger charge is -2.22. The maximum atomic E-state index is 4.65. The van der Waals surface area contributed by atoms with Gasteiger partial charge in [-0.05, 0) is 44.1 Å². The molecular weight excluding hydrogens is 302 g/mol. The molecule has 5 heteroatoms. The number of hydrogen-bond acceptors (Lipinski definition) is 2. The number of halogens is 2. The summed E-state index contributed by atoms with van der Waals surface area (Å²) in [5, 5.41) is 9.24. The van der Waals surface area contributed by atoms with Gasteiger partial charge in [-0.2, -0.15) is 5.10 Å². The van der Waals surface area contributed by atoms with Crippen LogP contribution < -0.4 is 5.32 Å². The van der Waals surface area contributed by atoms with Gasteiger partial charge in [-0.3, -0.25) is 4.68 Å². The monoisotopic (exact) mass is 315 g/mol. The minimum Gasteiger partial charge on any atom is -0.317 e. The van der Waals surface area contributed by atoms with Crippen LogP contribution in [0.4, 0.5) is 0 Å². The zero-order valence-electron chi connectivity index (χ0n) is 9.40. The van der Waals surface area contributed by atoms with Crippen molar-refractivity contribution in [1.29, 1.82) is 0 Å². The van der Waals surface area contributed by atoms with E-state index in [1.54, 1.807) is 0 Å². The van der Waals surface area contributed by atoms with Crippen molar-refractivity contribution in [3.05, 3.63) is 28.9 Å². The second kappa shape index (κ2) is 5.38. The number of fused-ring (bicyclic) bond motifs is 1. The maximum Gasteiger partial charge on any atom is 0.0924 e. The first-order valence-corrected chi connectivity index (χ1v) is 6.47. The van der Waals surface area contributed by atoms with Gasteiger partial charge in [0.1, 0.15) is 0 Å². The number of hydrogen-bond donors (Lipinski definition) is 1. The first-order valence-electron chi connectivity index (χ1n) is 5.68. The highest BCUT2D eigenvalue weighted by molar-refractivity contribution is 9.10. The normalized spacial score (nSPS) is 17.0. The molecule has 1 aliphatic heterocycles.